The largest absolute Gasteiger partial charge is 0.507 e. The van der Waals surface area contributed by atoms with Crippen molar-refractivity contribution in [3.05, 3.63) is 30.5 Å². The van der Waals surface area contributed by atoms with Crippen LogP contribution in [0.2, 0.25) is 0 Å². The molecule has 1 heterocycles. The zero-order valence-electron chi connectivity index (χ0n) is 7.19. The summed E-state index contributed by atoms with van der Waals surface area (Å²) >= 11 is 1.63. The van der Waals surface area contributed by atoms with Crippen molar-refractivity contribution in [2.24, 2.45) is 0 Å². The van der Waals surface area contributed by atoms with Crippen molar-refractivity contribution in [3.8, 4) is 5.75 Å². The Balaban J connectivity index is 2.84. The maximum Gasteiger partial charge on any atom is 0.126 e. The first-order chi connectivity index (χ1) is 6.33. The minimum absolute atomic E-state index is 0.293. The van der Waals surface area contributed by atoms with E-state index in [1.54, 1.807) is 24.0 Å². The van der Waals surface area contributed by atoms with Gasteiger partial charge in [0.15, 0.2) is 0 Å². The second kappa shape index (κ2) is 3.26. The first kappa shape index (κ1) is 8.38. The number of para-hydroxylation sites is 1. The molecule has 3 heteroatoms. The van der Waals surface area contributed by atoms with Gasteiger partial charge in [-0.25, -0.2) is 0 Å². The number of rotatable bonds is 1. The van der Waals surface area contributed by atoms with E-state index in [0.717, 1.165) is 15.8 Å². The van der Waals surface area contributed by atoms with Crippen LogP contribution >= 0.6 is 11.8 Å². The molecule has 1 aromatic carbocycles. The molecule has 0 aliphatic rings. The number of aromatic nitrogens is 1. The molecule has 0 amide bonds. The normalized spacial score (nSPS) is 10.5. The van der Waals surface area contributed by atoms with Crippen molar-refractivity contribution in [2.75, 3.05) is 6.26 Å². The number of fused-ring (bicyclic) bond motifs is 1. The number of hydrogen-bond donors (Lipinski definition) is 1. The quantitative estimate of drug-likeness (QED) is 0.703. The first-order valence-electron chi connectivity index (χ1n) is 3.93. The van der Waals surface area contributed by atoms with Crippen LogP contribution in [0.4, 0.5) is 0 Å². The number of thioether (sulfide) groups is 1. The van der Waals surface area contributed by atoms with E-state index in [2.05, 4.69) is 4.98 Å². The van der Waals surface area contributed by atoms with E-state index < -0.39 is 0 Å². The van der Waals surface area contributed by atoms with E-state index in [0.29, 0.717) is 5.75 Å². The van der Waals surface area contributed by atoms with Crippen LogP contribution in [0.15, 0.2) is 35.4 Å². The van der Waals surface area contributed by atoms with Crippen molar-refractivity contribution >= 4 is 22.7 Å². The summed E-state index contributed by atoms with van der Waals surface area (Å²) in [6, 6.07) is 7.40. The van der Waals surface area contributed by atoms with Gasteiger partial charge in [-0.15, -0.1) is 11.8 Å². The summed E-state index contributed by atoms with van der Waals surface area (Å²) in [6.45, 7) is 0. The second-order valence-electron chi connectivity index (χ2n) is 2.69. The average molecular weight is 191 g/mol. The molecule has 0 spiro atoms. The van der Waals surface area contributed by atoms with Gasteiger partial charge in [-0.2, -0.15) is 0 Å². The number of benzene rings is 1. The lowest BCUT2D eigenvalue weighted by atomic mass is 10.2. The second-order valence-corrected chi connectivity index (χ2v) is 3.53. The van der Waals surface area contributed by atoms with E-state index in [-0.39, 0.29) is 0 Å². The highest BCUT2D eigenvalue weighted by Gasteiger charge is 2.03. The summed E-state index contributed by atoms with van der Waals surface area (Å²) in [5, 5.41) is 10.4. The van der Waals surface area contributed by atoms with E-state index in [1.165, 1.54) is 0 Å². The van der Waals surface area contributed by atoms with Crippen molar-refractivity contribution in [1.29, 1.82) is 0 Å². The summed E-state index contributed by atoms with van der Waals surface area (Å²) < 4.78 is 0. The van der Waals surface area contributed by atoms with Gasteiger partial charge in [0.05, 0.1) is 5.52 Å². The maximum atomic E-state index is 9.54. The predicted octanol–water partition coefficient (Wildman–Crippen LogP) is 2.66. The van der Waals surface area contributed by atoms with Crippen LogP contribution < -0.4 is 0 Å². The van der Waals surface area contributed by atoms with Gasteiger partial charge in [0, 0.05) is 16.5 Å². The van der Waals surface area contributed by atoms with Crippen LogP contribution in [0.25, 0.3) is 10.9 Å². The number of pyridine rings is 1. The molecule has 0 saturated heterocycles. The summed E-state index contributed by atoms with van der Waals surface area (Å²) in [5.41, 5.74) is 0.870. The van der Waals surface area contributed by atoms with Crippen LogP contribution in [-0.4, -0.2) is 16.3 Å². The van der Waals surface area contributed by atoms with Crippen molar-refractivity contribution in [1.82, 2.24) is 4.98 Å². The highest BCUT2D eigenvalue weighted by molar-refractivity contribution is 7.98. The lowest BCUT2D eigenvalue weighted by molar-refractivity contribution is 0.481. The molecule has 2 rings (SSSR count). The van der Waals surface area contributed by atoms with E-state index >= 15 is 0 Å². The molecule has 0 unspecified atom stereocenters. The van der Waals surface area contributed by atoms with Crippen LogP contribution in [-0.2, 0) is 0 Å². The molecule has 0 bridgehead atoms. The fraction of sp³-hybridized carbons (Fsp3) is 0.100. The molecular weight excluding hydrogens is 182 g/mol. The first-order valence-corrected chi connectivity index (χ1v) is 5.16. The van der Waals surface area contributed by atoms with E-state index in [4.69, 9.17) is 0 Å². The molecule has 2 aromatic rings. The highest BCUT2D eigenvalue weighted by atomic mass is 32.2. The molecule has 1 N–H and O–H groups in total. The molecule has 66 valence electrons. The van der Waals surface area contributed by atoms with Gasteiger partial charge >= 0.3 is 0 Å². The minimum atomic E-state index is 0.293. The lowest BCUT2D eigenvalue weighted by Crippen LogP contribution is -1.81. The summed E-state index contributed by atoms with van der Waals surface area (Å²) in [5.74, 6) is 0.293. The van der Waals surface area contributed by atoms with Gasteiger partial charge in [0.2, 0.25) is 0 Å². The standard InChI is InChI=1S/C10H9NOS/c1-13-9-4-2-3-7-8(12)5-6-11-10(7)9/h2-6H,1H3,(H,11,12). The topological polar surface area (TPSA) is 33.1 Å². The smallest absolute Gasteiger partial charge is 0.126 e. The molecule has 13 heavy (non-hydrogen) atoms. The Hall–Kier alpha value is -1.22. The average Bonchev–Trinajstić information content (AvgIpc) is 2.18. The molecule has 1 aromatic heterocycles. The predicted molar refractivity (Wildman–Crippen MR) is 55.2 cm³/mol. The third kappa shape index (κ3) is 1.35. The summed E-state index contributed by atoms with van der Waals surface area (Å²) in [7, 11) is 0. The maximum absolute atomic E-state index is 9.54. The van der Waals surface area contributed by atoms with Gasteiger partial charge < -0.3 is 5.11 Å². The van der Waals surface area contributed by atoms with Crippen molar-refractivity contribution < 1.29 is 5.11 Å². The van der Waals surface area contributed by atoms with Crippen LogP contribution in [0.5, 0.6) is 5.75 Å². The van der Waals surface area contributed by atoms with Gasteiger partial charge in [-0.05, 0) is 24.5 Å². The Morgan fingerprint density at radius 3 is 2.92 bits per heavy atom. The van der Waals surface area contributed by atoms with E-state index in [1.807, 2.05) is 24.5 Å². The Morgan fingerprint density at radius 2 is 2.15 bits per heavy atom. The fourth-order valence-electron chi connectivity index (χ4n) is 1.30. The zero-order chi connectivity index (χ0) is 9.26. The minimum Gasteiger partial charge on any atom is -0.507 e. The Bertz CT molecular complexity index is 442. The summed E-state index contributed by atoms with van der Waals surface area (Å²) in [6.07, 6.45) is 3.62. The molecule has 0 atom stereocenters. The summed E-state index contributed by atoms with van der Waals surface area (Å²) in [4.78, 5) is 5.32. The van der Waals surface area contributed by atoms with E-state index in [9.17, 15) is 5.11 Å². The van der Waals surface area contributed by atoms with Gasteiger partial charge in [0.1, 0.15) is 5.75 Å². The monoisotopic (exact) mass is 191 g/mol. The molecule has 0 fully saturated rings. The third-order valence-corrected chi connectivity index (χ3v) is 2.70. The molecule has 0 saturated carbocycles. The van der Waals surface area contributed by atoms with Crippen LogP contribution in [0, 0.1) is 0 Å². The molecule has 0 radical (unpaired) electrons. The number of nitrogens with zero attached hydrogens (tertiary/aromatic N) is 1. The van der Waals surface area contributed by atoms with Crippen LogP contribution in [0.3, 0.4) is 0 Å². The molecule has 2 nitrogen and oxygen atoms in total. The van der Waals surface area contributed by atoms with Crippen molar-refractivity contribution in [2.45, 2.75) is 4.90 Å². The number of aromatic hydroxyl groups is 1. The molecule has 0 aliphatic carbocycles. The lowest BCUT2D eigenvalue weighted by Gasteiger charge is -2.03. The van der Waals surface area contributed by atoms with Gasteiger partial charge in [-0.3, -0.25) is 4.98 Å². The molecule has 0 aliphatic heterocycles. The Labute approximate surface area is 80.6 Å². The Kier molecular flexibility index (Phi) is 2.10. The fourth-order valence-corrected chi connectivity index (χ4v) is 1.87. The van der Waals surface area contributed by atoms with Crippen LogP contribution in [0.1, 0.15) is 0 Å². The van der Waals surface area contributed by atoms with Gasteiger partial charge in [0.25, 0.3) is 0 Å². The molecular formula is C10H9NOS. The SMILES string of the molecule is CSc1cccc2c(O)ccnc12. The van der Waals surface area contributed by atoms with Crippen molar-refractivity contribution in [3.63, 3.8) is 0 Å². The highest BCUT2D eigenvalue weighted by Crippen LogP contribution is 2.29. The zero-order valence-corrected chi connectivity index (χ0v) is 8.01. The van der Waals surface area contributed by atoms with Gasteiger partial charge in [-0.1, -0.05) is 6.07 Å². The third-order valence-electron chi connectivity index (χ3n) is 1.93. The Morgan fingerprint density at radius 1 is 1.31 bits per heavy atom. The number of hydrogen-bond acceptors (Lipinski definition) is 3.